The number of carbonyl (C=O) groups is 2. The molecule has 0 N–H and O–H groups in total. The second-order valence-corrected chi connectivity index (χ2v) is 12.3. The number of aliphatic imine (C=N–C) groups is 1. The van der Waals surface area contributed by atoms with Crippen molar-refractivity contribution in [1.29, 1.82) is 0 Å². The molecular weight excluding hydrogens is 580 g/mol. The van der Waals surface area contributed by atoms with Gasteiger partial charge in [-0.2, -0.15) is 9.98 Å². The molecule has 1 aliphatic rings. The Kier molecular flexibility index (Phi) is 8.66. The summed E-state index contributed by atoms with van der Waals surface area (Å²) >= 11 is 0. The molecule has 5 aromatic rings. The number of benzene rings is 4. The molecule has 6 rings (SSSR count). The van der Waals surface area contributed by atoms with Crippen molar-refractivity contribution in [3.8, 4) is 28.3 Å². The van der Waals surface area contributed by atoms with E-state index in [0.29, 0.717) is 28.9 Å². The summed E-state index contributed by atoms with van der Waals surface area (Å²) in [5.74, 6) is 2.04. The maximum atomic E-state index is 12.8. The molecule has 234 valence electrons. The van der Waals surface area contributed by atoms with Gasteiger partial charge in [0.05, 0.1) is 0 Å². The van der Waals surface area contributed by atoms with E-state index in [9.17, 15) is 9.59 Å². The van der Waals surface area contributed by atoms with Crippen LogP contribution in [0.4, 0.5) is 4.79 Å². The summed E-state index contributed by atoms with van der Waals surface area (Å²) in [4.78, 5) is 35.9. The highest BCUT2D eigenvalue weighted by Gasteiger charge is 2.32. The summed E-state index contributed by atoms with van der Waals surface area (Å²) in [6.45, 7) is 7.89. The molecular formula is C37H36N4O5. The zero-order chi connectivity index (χ0) is 32.3. The fraction of sp³-hybridized carbons (Fsp3) is 0.270. The first-order valence-electron chi connectivity index (χ1n) is 15.4. The van der Waals surface area contributed by atoms with Gasteiger partial charge in [-0.1, -0.05) is 78.0 Å². The van der Waals surface area contributed by atoms with Crippen LogP contribution in [0.3, 0.4) is 0 Å². The van der Waals surface area contributed by atoms with Crippen LogP contribution in [0.15, 0.2) is 101 Å². The second kappa shape index (κ2) is 13.0. The maximum absolute atomic E-state index is 12.8. The molecule has 1 aromatic heterocycles. The van der Waals surface area contributed by atoms with Crippen molar-refractivity contribution in [2.24, 2.45) is 4.99 Å². The number of aromatic nitrogens is 2. The number of hydrogen-bond donors (Lipinski definition) is 0. The summed E-state index contributed by atoms with van der Waals surface area (Å²) in [5.41, 5.74) is 2.97. The lowest BCUT2D eigenvalue weighted by atomic mass is 10.0. The Hall–Kier alpha value is -5.31. The number of carbonyl (C=O) groups excluding carboxylic acids is 2. The van der Waals surface area contributed by atoms with Crippen molar-refractivity contribution < 1.29 is 23.6 Å². The molecule has 9 heteroatoms. The Labute approximate surface area is 267 Å². The van der Waals surface area contributed by atoms with E-state index in [1.165, 1.54) is 0 Å². The Balaban J connectivity index is 1.10. The van der Waals surface area contributed by atoms with E-state index in [-0.39, 0.29) is 18.4 Å². The Morgan fingerprint density at radius 3 is 2.37 bits per heavy atom. The summed E-state index contributed by atoms with van der Waals surface area (Å²) < 4.78 is 16.9. The Morgan fingerprint density at radius 2 is 1.61 bits per heavy atom. The first kappa shape index (κ1) is 30.7. The minimum atomic E-state index is -0.619. The molecule has 0 bridgehead atoms. The maximum Gasteiger partial charge on any atom is 0.435 e. The normalized spacial score (nSPS) is 15.3. The average Bonchev–Trinajstić information content (AvgIpc) is 3.73. The lowest BCUT2D eigenvalue weighted by molar-refractivity contribution is 0.0601. The predicted molar refractivity (Wildman–Crippen MR) is 177 cm³/mol. The number of ether oxygens (including phenoxy) is 2. The Bertz CT molecular complexity index is 1890. The van der Waals surface area contributed by atoms with Crippen LogP contribution in [0.1, 0.15) is 62.8 Å². The molecule has 1 aliphatic heterocycles. The van der Waals surface area contributed by atoms with Gasteiger partial charge in [0.15, 0.2) is 12.4 Å². The van der Waals surface area contributed by atoms with Crippen molar-refractivity contribution in [3.05, 3.63) is 102 Å². The third-order valence-electron chi connectivity index (χ3n) is 7.80. The van der Waals surface area contributed by atoms with Gasteiger partial charge in [0.1, 0.15) is 23.2 Å². The van der Waals surface area contributed by atoms with E-state index in [1.54, 1.807) is 6.92 Å². The van der Waals surface area contributed by atoms with Crippen LogP contribution in [0, 0.1) is 0 Å². The van der Waals surface area contributed by atoms with Crippen molar-refractivity contribution in [2.75, 3.05) is 13.2 Å². The summed E-state index contributed by atoms with van der Waals surface area (Å²) in [7, 11) is 0. The van der Waals surface area contributed by atoms with E-state index >= 15 is 0 Å². The number of likely N-dealkylation sites (tertiary alicyclic amines) is 1. The molecule has 1 fully saturated rings. The predicted octanol–water partition coefficient (Wildman–Crippen LogP) is 8.31. The molecule has 1 amide bonds. The van der Waals surface area contributed by atoms with Gasteiger partial charge >= 0.3 is 6.09 Å². The molecule has 4 aromatic carbocycles. The average molecular weight is 617 g/mol. The van der Waals surface area contributed by atoms with E-state index in [1.807, 2.05) is 117 Å². The van der Waals surface area contributed by atoms with Gasteiger partial charge in [-0.15, -0.1) is 0 Å². The van der Waals surface area contributed by atoms with Crippen LogP contribution in [0.5, 0.6) is 5.75 Å². The largest absolute Gasteiger partial charge is 0.485 e. The number of nitrogens with zero attached hydrogens (tertiary/aromatic N) is 4. The van der Waals surface area contributed by atoms with Gasteiger partial charge in [-0.05, 0) is 80.6 Å². The SMILES string of the molecule is C/C(=N\C(=O)OC(C)(C)C)N1CCC[C@H]1c1nc(-c2ccc3cc(OCC(=O)c4ccc(-c5ccccc5)cc4)ccc3c2)no1. The molecule has 0 radical (unpaired) electrons. The van der Waals surface area contributed by atoms with E-state index < -0.39 is 11.7 Å². The smallest absolute Gasteiger partial charge is 0.435 e. The topological polar surface area (TPSA) is 107 Å². The second-order valence-electron chi connectivity index (χ2n) is 12.3. The minimum Gasteiger partial charge on any atom is -0.485 e. The number of amides is 1. The zero-order valence-electron chi connectivity index (χ0n) is 26.4. The van der Waals surface area contributed by atoms with Crippen LogP contribution in [-0.2, 0) is 4.74 Å². The van der Waals surface area contributed by atoms with Crippen molar-refractivity contribution in [2.45, 2.75) is 52.2 Å². The number of ketones is 1. The van der Waals surface area contributed by atoms with E-state index in [0.717, 1.165) is 46.8 Å². The Morgan fingerprint density at radius 1 is 0.913 bits per heavy atom. The number of fused-ring (bicyclic) bond motifs is 1. The highest BCUT2D eigenvalue weighted by molar-refractivity contribution is 5.97. The third kappa shape index (κ3) is 7.15. The van der Waals surface area contributed by atoms with Crippen LogP contribution in [0.25, 0.3) is 33.3 Å². The van der Waals surface area contributed by atoms with E-state index in [4.69, 9.17) is 19.0 Å². The summed E-state index contributed by atoms with van der Waals surface area (Å²) in [6, 6.07) is 29.1. The quantitative estimate of drug-likeness (QED) is 0.102. The molecule has 0 unspecified atom stereocenters. The fourth-order valence-corrected chi connectivity index (χ4v) is 5.54. The zero-order valence-corrected chi connectivity index (χ0v) is 26.4. The first-order valence-corrected chi connectivity index (χ1v) is 15.4. The highest BCUT2D eigenvalue weighted by Crippen LogP contribution is 2.33. The van der Waals surface area contributed by atoms with Crippen molar-refractivity contribution >= 4 is 28.5 Å². The molecule has 46 heavy (non-hydrogen) atoms. The number of Topliss-reactive ketones (excluding diaryl/α,β-unsaturated/α-hetero) is 1. The molecule has 1 saturated heterocycles. The van der Waals surface area contributed by atoms with Crippen molar-refractivity contribution in [1.82, 2.24) is 15.0 Å². The first-order chi connectivity index (χ1) is 22.1. The van der Waals surface area contributed by atoms with Crippen LogP contribution in [0.2, 0.25) is 0 Å². The molecule has 0 spiro atoms. The van der Waals surface area contributed by atoms with Gasteiger partial charge in [-0.25, -0.2) is 4.79 Å². The summed E-state index contributed by atoms with van der Waals surface area (Å²) in [6.07, 6.45) is 1.10. The molecule has 0 saturated carbocycles. The van der Waals surface area contributed by atoms with Crippen molar-refractivity contribution in [3.63, 3.8) is 0 Å². The molecule has 0 aliphatic carbocycles. The number of rotatable bonds is 7. The molecule has 1 atom stereocenters. The minimum absolute atomic E-state index is 0.0555. The van der Waals surface area contributed by atoms with Gasteiger partial charge in [0.2, 0.25) is 11.7 Å². The standard InChI is InChI=1S/C37H36N4O5/c1-24(38-36(43)45-37(2,3)4)41-20-8-11-32(41)35-39-34(40-46-35)30-17-16-29-22-31(19-18-28(29)21-30)44-23-33(42)27-14-12-26(13-15-27)25-9-6-5-7-10-25/h5-7,9-10,12-19,21-22,32H,8,11,20,23H2,1-4H3/b38-24+/t32-/m0/s1. The lowest BCUT2D eigenvalue weighted by Crippen LogP contribution is -2.30. The van der Waals surface area contributed by atoms with Crippen LogP contribution < -0.4 is 4.74 Å². The third-order valence-corrected chi connectivity index (χ3v) is 7.80. The lowest BCUT2D eigenvalue weighted by Gasteiger charge is -2.24. The number of hydrogen-bond acceptors (Lipinski definition) is 7. The van der Waals surface area contributed by atoms with Gasteiger partial charge in [0, 0.05) is 17.7 Å². The molecule has 9 nitrogen and oxygen atoms in total. The summed E-state index contributed by atoms with van der Waals surface area (Å²) in [5, 5.41) is 6.19. The number of amidine groups is 1. The van der Waals surface area contributed by atoms with Gasteiger partial charge < -0.3 is 18.9 Å². The highest BCUT2D eigenvalue weighted by atomic mass is 16.6. The monoisotopic (exact) mass is 616 g/mol. The van der Waals surface area contributed by atoms with Gasteiger partial charge in [0.25, 0.3) is 0 Å². The molecule has 2 heterocycles. The van der Waals surface area contributed by atoms with E-state index in [2.05, 4.69) is 10.1 Å². The van der Waals surface area contributed by atoms with Gasteiger partial charge in [-0.3, -0.25) is 4.79 Å². The van der Waals surface area contributed by atoms with Crippen LogP contribution >= 0.6 is 0 Å². The fourth-order valence-electron chi connectivity index (χ4n) is 5.54. The van der Waals surface area contributed by atoms with Crippen LogP contribution in [-0.4, -0.2) is 51.5 Å².